The summed E-state index contributed by atoms with van der Waals surface area (Å²) < 4.78 is 269. The van der Waals surface area contributed by atoms with E-state index in [1.165, 1.54) is 0 Å². The lowest BCUT2D eigenvalue weighted by atomic mass is 10.00. The van der Waals surface area contributed by atoms with E-state index in [1.807, 2.05) is 0 Å². The average Bonchev–Trinajstić information content (AvgIpc) is 3.57. The molecule has 0 aliphatic rings. The molecule has 0 fully saturated rings. The number of fused-ring (bicyclic) bond motifs is 9. The van der Waals surface area contributed by atoms with Crippen LogP contribution < -0.4 is 0 Å². The summed E-state index contributed by atoms with van der Waals surface area (Å²) in [6.07, 6.45) is 0. The second-order valence-electron chi connectivity index (χ2n) is 11.1. The highest BCUT2D eigenvalue weighted by atomic mass is 16.3. The van der Waals surface area contributed by atoms with E-state index < -0.39 is 269 Å². The number of rotatable bonds is 4. The fourth-order valence-electron chi connectivity index (χ4n) is 6.32. The predicted molar refractivity (Wildman–Crippen MR) is 213 cm³/mol. The number of furan rings is 1. The van der Waals surface area contributed by atoms with Crippen LogP contribution in [0.3, 0.4) is 0 Å². The summed E-state index contributed by atoms with van der Waals surface area (Å²) in [6, 6.07) is -24.9. The minimum absolute atomic E-state index is 0.380. The molecular formula is C48H30N2O. The largest absolute Gasteiger partial charge is 0.455 e. The predicted octanol–water partition coefficient (Wildman–Crippen LogP) is 13.1. The highest BCUT2D eigenvalue weighted by molar-refractivity contribution is 6.17. The van der Waals surface area contributed by atoms with Crippen molar-refractivity contribution in [2.75, 3.05) is 0 Å². The third-order valence-corrected chi connectivity index (χ3v) is 8.42. The zero-order valence-corrected chi connectivity index (χ0v) is 25.4. The van der Waals surface area contributed by atoms with Crippen LogP contribution in [0.1, 0.15) is 39.8 Å². The first-order valence-electron chi connectivity index (χ1n) is 29.6. The monoisotopic (exact) mass is 679 g/mol. The van der Waals surface area contributed by atoms with Crippen molar-refractivity contribution in [2.45, 2.75) is 0 Å². The summed E-state index contributed by atoms with van der Waals surface area (Å²) in [4.78, 5) is 0. The Morgan fingerprint density at radius 2 is 0.961 bits per heavy atom. The Morgan fingerprint density at radius 3 is 1.67 bits per heavy atom. The quantitative estimate of drug-likeness (QED) is 0.182. The smallest absolute Gasteiger partial charge is 0.145 e. The van der Waals surface area contributed by atoms with Crippen LogP contribution in [0.25, 0.3) is 99.2 Å². The molecule has 0 N–H and O–H groups in total. The molecule has 0 aliphatic carbocycles. The zero-order chi connectivity index (χ0) is 58.7. The summed E-state index contributed by atoms with van der Waals surface area (Å²) in [6.45, 7) is 0. The Balaban J connectivity index is 1.37. The van der Waals surface area contributed by atoms with Gasteiger partial charge in [0, 0.05) is 38.2 Å². The van der Waals surface area contributed by atoms with Crippen molar-refractivity contribution in [3.63, 3.8) is 0 Å². The normalized spacial score (nSPS) is 19.9. The first kappa shape index (κ1) is 11.9. The van der Waals surface area contributed by atoms with Crippen molar-refractivity contribution in [1.29, 1.82) is 0 Å². The van der Waals surface area contributed by atoms with Crippen LogP contribution in [0.5, 0.6) is 0 Å². The first-order valence-corrected chi connectivity index (χ1v) is 15.1. The zero-order valence-electron chi connectivity index (χ0n) is 54.4. The lowest BCUT2D eigenvalue weighted by Gasteiger charge is -2.12. The van der Waals surface area contributed by atoms with E-state index in [0.29, 0.717) is 0 Å². The van der Waals surface area contributed by atoms with Gasteiger partial charge in [-0.3, -0.25) is 0 Å². The Bertz CT molecular complexity index is 4760. The van der Waals surface area contributed by atoms with Crippen LogP contribution in [0, 0.1) is 0 Å². The highest BCUT2D eigenvalue weighted by Gasteiger charge is 2.21. The first-order chi connectivity index (χ1) is 37.4. The Hall–Kier alpha value is -6.84. The molecule has 0 saturated heterocycles. The molecule has 3 heterocycles. The van der Waals surface area contributed by atoms with Gasteiger partial charge in [-0.1, -0.05) is 115 Å². The van der Waals surface area contributed by atoms with Crippen molar-refractivity contribution >= 4 is 65.6 Å². The maximum Gasteiger partial charge on any atom is 0.145 e. The van der Waals surface area contributed by atoms with Gasteiger partial charge >= 0.3 is 0 Å². The molecule has 8 aromatic carbocycles. The molecular weight excluding hydrogens is 621 g/mol. The van der Waals surface area contributed by atoms with Crippen LogP contribution in [-0.4, -0.2) is 9.13 Å². The molecule has 0 aliphatic heterocycles. The summed E-state index contributed by atoms with van der Waals surface area (Å²) in [5.41, 5.74) is -7.90. The Labute approximate surface area is 334 Å². The maximum atomic E-state index is 9.99. The second kappa shape index (κ2) is 10.8. The molecule has 0 bridgehead atoms. The lowest BCUT2D eigenvalue weighted by molar-refractivity contribution is 0.670. The minimum Gasteiger partial charge on any atom is -0.455 e. The van der Waals surface area contributed by atoms with Crippen molar-refractivity contribution in [3.8, 4) is 33.6 Å². The van der Waals surface area contributed by atoms with E-state index in [2.05, 4.69) is 0 Å². The molecule has 0 unspecified atom stereocenters. The lowest BCUT2D eigenvalue weighted by Crippen LogP contribution is -1.95. The molecule has 0 amide bonds. The summed E-state index contributed by atoms with van der Waals surface area (Å²) in [5.74, 6) is 0. The van der Waals surface area contributed by atoms with Gasteiger partial charge in [-0.05, 0) is 83.2 Å². The minimum atomic E-state index is -1.06. The van der Waals surface area contributed by atoms with Gasteiger partial charge in [0.15, 0.2) is 0 Å². The summed E-state index contributed by atoms with van der Waals surface area (Å²) >= 11 is 0. The topological polar surface area (TPSA) is 23.0 Å². The van der Waals surface area contributed by atoms with E-state index in [-0.39, 0.29) is 5.58 Å². The molecule has 238 valence electrons. The standard InChI is InChI=1S/C48H30N2O/c1-3-13-31(14-4-1)35-25-28-45(47-38-19-9-12-22-46(38)51-48(35)47)50-42-21-11-8-18-37(42)40-30-33(24-27-44(40)50)32-23-26-43-39(29-32)36-17-7-10-20-41(36)49(43)34-15-5-2-6-16-34/h1-30H/i1D,2D,3D,4D,5D,6D,7D,8D,9D,10D,11D,12D,13D,14D,15D,16D,17D,18D,19D,20D,21D,23D,24D,25D,26D,27D,28D,29D,30D. The van der Waals surface area contributed by atoms with Gasteiger partial charge in [0.2, 0.25) is 0 Å². The van der Waals surface area contributed by atoms with Gasteiger partial charge < -0.3 is 13.6 Å². The van der Waals surface area contributed by atoms with E-state index in [0.717, 1.165) is 15.2 Å². The van der Waals surface area contributed by atoms with E-state index in [1.54, 1.807) is 0 Å². The SMILES string of the molecule is [2H]c1cc2oc3c(-c4c([2H])c([2H])c([2H])c([2H])c4[2H])c([2H])c([2H])c(-n4c5c([2H])c([2H])c([2H])c([2H])c5c5c([2H])c(-c6c([2H])c([2H])c7c(c6[2H])c6c([2H])c([2H])c([2H])c([2H])c6n7-c6c([2H])c([2H])c([2H])c([2H])c6[2H])c([2H])c([2H])c54)c3c2c([2H])c1[2H]. The average molecular weight is 680 g/mol. The number of hydrogen-bond acceptors (Lipinski definition) is 1. The molecule has 0 radical (unpaired) electrons. The molecule has 11 rings (SSSR count). The fraction of sp³-hybridized carbons (Fsp3) is 0. The van der Waals surface area contributed by atoms with Gasteiger partial charge in [-0.25, -0.2) is 0 Å². The van der Waals surface area contributed by atoms with Crippen LogP contribution in [0.4, 0.5) is 0 Å². The Kier molecular flexibility index (Phi) is 2.53. The number of nitrogens with zero attached hydrogens (tertiary/aromatic N) is 2. The van der Waals surface area contributed by atoms with Gasteiger partial charge in [-0.2, -0.15) is 0 Å². The maximum absolute atomic E-state index is 9.99. The van der Waals surface area contributed by atoms with Crippen LogP contribution in [0.15, 0.2) is 186 Å². The summed E-state index contributed by atoms with van der Waals surface area (Å²) in [7, 11) is 0. The third kappa shape index (κ3) is 4.12. The molecule has 3 nitrogen and oxygen atoms in total. The molecule has 3 heteroatoms. The van der Waals surface area contributed by atoms with Gasteiger partial charge in [0.1, 0.15) is 11.2 Å². The van der Waals surface area contributed by atoms with Gasteiger partial charge in [0.25, 0.3) is 0 Å². The molecule has 0 spiro atoms. The van der Waals surface area contributed by atoms with Crippen LogP contribution >= 0.6 is 0 Å². The van der Waals surface area contributed by atoms with Crippen molar-refractivity contribution in [3.05, 3.63) is 181 Å². The number of benzene rings is 8. The summed E-state index contributed by atoms with van der Waals surface area (Å²) in [5, 5.41) is -3.29. The van der Waals surface area contributed by atoms with E-state index >= 15 is 0 Å². The van der Waals surface area contributed by atoms with Gasteiger partial charge in [-0.15, -0.1) is 0 Å². The highest BCUT2D eigenvalue weighted by Crippen LogP contribution is 2.43. The molecule has 51 heavy (non-hydrogen) atoms. The fourth-order valence-corrected chi connectivity index (χ4v) is 6.32. The molecule has 0 atom stereocenters. The number of hydrogen-bond donors (Lipinski definition) is 0. The third-order valence-electron chi connectivity index (χ3n) is 8.42. The van der Waals surface area contributed by atoms with Crippen molar-refractivity contribution < 1.29 is 44.2 Å². The molecule has 3 aromatic heterocycles. The number of aromatic nitrogens is 2. The number of para-hydroxylation sites is 4. The van der Waals surface area contributed by atoms with Crippen LogP contribution in [0.2, 0.25) is 0 Å². The van der Waals surface area contributed by atoms with E-state index in [9.17, 15) is 13.7 Å². The molecule has 11 aromatic rings. The Morgan fingerprint density at radius 1 is 0.412 bits per heavy atom. The van der Waals surface area contributed by atoms with E-state index in [4.69, 9.17) is 30.5 Å². The second-order valence-corrected chi connectivity index (χ2v) is 11.1. The van der Waals surface area contributed by atoms with Crippen molar-refractivity contribution in [1.82, 2.24) is 9.13 Å². The molecule has 0 saturated carbocycles. The van der Waals surface area contributed by atoms with Crippen LogP contribution in [-0.2, 0) is 0 Å². The van der Waals surface area contributed by atoms with Gasteiger partial charge in [0.05, 0.1) is 72.9 Å². The van der Waals surface area contributed by atoms with Crippen molar-refractivity contribution in [2.24, 2.45) is 0 Å².